The number of carbonyl (C=O) groups excluding carboxylic acids is 2. The van der Waals surface area contributed by atoms with Gasteiger partial charge in [0.25, 0.3) is 0 Å². The average molecular weight is 585 g/mol. The van der Waals surface area contributed by atoms with Crippen molar-refractivity contribution in [3.05, 3.63) is 0 Å². The molecule has 0 aliphatic carbocycles. The number of aliphatic carboxylic acids is 3. The molecule has 0 bridgehead atoms. The molecule has 1 unspecified atom stereocenters. The van der Waals surface area contributed by atoms with Crippen LogP contribution in [0.3, 0.4) is 0 Å². The van der Waals surface area contributed by atoms with Gasteiger partial charge in [-0.15, -0.1) is 0 Å². The molecule has 5 N–H and O–H groups in total. The van der Waals surface area contributed by atoms with Crippen molar-refractivity contribution in [3.8, 4) is 0 Å². The third kappa shape index (κ3) is 24.8. The van der Waals surface area contributed by atoms with E-state index in [0.29, 0.717) is 38.6 Å². The van der Waals surface area contributed by atoms with Crippen LogP contribution in [0.1, 0.15) is 148 Å². The highest BCUT2D eigenvalue weighted by molar-refractivity contribution is 5.84. The van der Waals surface area contributed by atoms with Crippen molar-refractivity contribution in [3.63, 3.8) is 0 Å². The highest BCUT2D eigenvalue weighted by Crippen LogP contribution is 2.14. The van der Waals surface area contributed by atoms with E-state index in [1.54, 1.807) is 0 Å². The van der Waals surface area contributed by atoms with Crippen molar-refractivity contribution in [1.29, 1.82) is 0 Å². The van der Waals surface area contributed by atoms with Crippen LogP contribution < -0.4 is 10.6 Å². The summed E-state index contributed by atoms with van der Waals surface area (Å²) in [5.41, 5.74) is 0. The Hall–Kier alpha value is -2.65. The van der Waals surface area contributed by atoms with Gasteiger partial charge in [0, 0.05) is 25.8 Å². The molecule has 0 rings (SSSR count). The lowest BCUT2D eigenvalue weighted by Gasteiger charge is -2.14. The average Bonchev–Trinajstić information content (AvgIpc) is 2.92. The highest BCUT2D eigenvalue weighted by Gasteiger charge is 2.21. The SMILES string of the molecule is CCC(CCCCNC(=O)CC[C@H](NC(=O)CCCCCCCCCCCCCCCCC(=O)O)C(=O)O)C(=O)O. The molecule has 10 nitrogen and oxygen atoms in total. The quantitative estimate of drug-likeness (QED) is 0.0660. The minimum absolute atomic E-state index is 0.00143. The molecule has 0 aromatic rings. The number of carbonyl (C=O) groups is 5. The predicted octanol–water partition coefficient (Wildman–Crippen LogP) is 6.06. The van der Waals surface area contributed by atoms with E-state index in [9.17, 15) is 29.1 Å². The smallest absolute Gasteiger partial charge is 0.326 e. The van der Waals surface area contributed by atoms with Gasteiger partial charge in [0.1, 0.15) is 6.04 Å². The standard InChI is InChI=1S/C31H56N2O8/c1-2-25(30(38)39)19-17-18-24-32-27(34)23-22-26(31(40)41)33-28(35)20-15-13-11-9-7-5-3-4-6-8-10-12-14-16-21-29(36)37/h25-26H,2-24H2,1H3,(H,32,34)(H,33,35)(H,36,37)(H,38,39)(H,40,41)/t25?,26-/m0/s1. The molecule has 0 saturated heterocycles. The minimum Gasteiger partial charge on any atom is -0.481 e. The lowest BCUT2D eigenvalue weighted by Crippen LogP contribution is -2.41. The predicted molar refractivity (Wildman–Crippen MR) is 159 cm³/mol. The summed E-state index contributed by atoms with van der Waals surface area (Å²) >= 11 is 0. The summed E-state index contributed by atoms with van der Waals surface area (Å²) in [4.78, 5) is 57.2. The Bertz CT molecular complexity index is 744. The van der Waals surface area contributed by atoms with Gasteiger partial charge in [0.15, 0.2) is 0 Å². The molecule has 0 fully saturated rings. The number of unbranched alkanes of at least 4 members (excludes halogenated alkanes) is 14. The second-order valence-electron chi connectivity index (χ2n) is 11.1. The maximum atomic E-state index is 12.2. The van der Waals surface area contributed by atoms with E-state index in [0.717, 1.165) is 38.5 Å². The van der Waals surface area contributed by atoms with E-state index < -0.39 is 23.9 Å². The van der Waals surface area contributed by atoms with Gasteiger partial charge in [-0.1, -0.05) is 90.4 Å². The highest BCUT2D eigenvalue weighted by atomic mass is 16.4. The Morgan fingerprint density at radius 3 is 1.46 bits per heavy atom. The molecule has 10 heteroatoms. The van der Waals surface area contributed by atoms with Crippen LogP contribution in [0.4, 0.5) is 0 Å². The number of amides is 2. The largest absolute Gasteiger partial charge is 0.481 e. The molecule has 2 atom stereocenters. The van der Waals surface area contributed by atoms with Gasteiger partial charge in [0.2, 0.25) is 11.8 Å². The fourth-order valence-electron chi connectivity index (χ4n) is 4.82. The molecule has 0 saturated carbocycles. The topological polar surface area (TPSA) is 170 Å². The lowest BCUT2D eigenvalue weighted by molar-refractivity contribution is -0.142. The molecule has 0 aliphatic heterocycles. The van der Waals surface area contributed by atoms with E-state index in [1.165, 1.54) is 44.9 Å². The zero-order valence-corrected chi connectivity index (χ0v) is 25.3. The lowest BCUT2D eigenvalue weighted by atomic mass is 9.99. The molecule has 238 valence electrons. The third-order valence-corrected chi connectivity index (χ3v) is 7.48. The van der Waals surface area contributed by atoms with Crippen LogP contribution in [-0.4, -0.2) is 57.6 Å². The maximum absolute atomic E-state index is 12.2. The molecule has 0 heterocycles. The maximum Gasteiger partial charge on any atom is 0.326 e. The minimum atomic E-state index is -1.15. The first kappa shape index (κ1) is 38.4. The molecule has 2 amide bonds. The molecule has 0 spiro atoms. The number of hydrogen-bond acceptors (Lipinski definition) is 5. The first-order valence-corrected chi connectivity index (χ1v) is 15.9. The van der Waals surface area contributed by atoms with Crippen molar-refractivity contribution < 1.29 is 39.3 Å². The van der Waals surface area contributed by atoms with Gasteiger partial charge < -0.3 is 26.0 Å². The normalized spacial score (nSPS) is 12.4. The fourth-order valence-corrected chi connectivity index (χ4v) is 4.82. The number of carboxylic acid groups (broad SMARTS) is 3. The molecule has 41 heavy (non-hydrogen) atoms. The van der Waals surface area contributed by atoms with E-state index in [-0.39, 0.29) is 43.4 Å². The Morgan fingerprint density at radius 2 is 1.02 bits per heavy atom. The molecule has 0 aromatic carbocycles. The third-order valence-electron chi connectivity index (χ3n) is 7.48. The molecular formula is C31H56N2O8. The van der Waals surface area contributed by atoms with Crippen LogP contribution in [-0.2, 0) is 24.0 Å². The Kier molecular flexibility index (Phi) is 24.6. The van der Waals surface area contributed by atoms with E-state index in [4.69, 9.17) is 10.2 Å². The van der Waals surface area contributed by atoms with Crippen molar-refractivity contribution in [1.82, 2.24) is 10.6 Å². The molecule has 0 radical (unpaired) electrons. The first-order chi connectivity index (χ1) is 19.7. The zero-order valence-electron chi connectivity index (χ0n) is 25.3. The van der Waals surface area contributed by atoms with Crippen LogP contribution in [0.5, 0.6) is 0 Å². The Balaban J connectivity index is 3.73. The summed E-state index contributed by atoms with van der Waals surface area (Å²) < 4.78 is 0. The van der Waals surface area contributed by atoms with Crippen LogP contribution >= 0.6 is 0 Å². The van der Waals surface area contributed by atoms with Gasteiger partial charge in [-0.05, 0) is 38.5 Å². The van der Waals surface area contributed by atoms with E-state index in [2.05, 4.69) is 10.6 Å². The second kappa shape index (κ2) is 26.3. The monoisotopic (exact) mass is 584 g/mol. The number of carboxylic acids is 3. The van der Waals surface area contributed by atoms with Crippen molar-refractivity contribution in [2.75, 3.05) is 6.54 Å². The molecular weight excluding hydrogens is 528 g/mol. The Labute approximate surface area is 246 Å². The summed E-state index contributed by atoms with van der Waals surface area (Å²) in [5.74, 6) is -3.60. The summed E-state index contributed by atoms with van der Waals surface area (Å²) in [5, 5.41) is 32.3. The van der Waals surface area contributed by atoms with Gasteiger partial charge in [-0.3, -0.25) is 19.2 Å². The second-order valence-corrected chi connectivity index (χ2v) is 11.1. The van der Waals surface area contributed by atoms with Gasteiger partial charge >= 0.3 is 17.9 Å². The van der Waals surface area contributed by atoms with E-state index in [1.807, 2.05) is 6.92 Å². The van der Waals surface area contributed by atoms with Crippen LogP contribution in [0, 0.1) is 5.92 Å². The summed E-state index contributed by atoms with van der Waals surface area (Å²) in [7, 11) is 0. The summed E-state index contributed by atoms with van der Waals surface area (Å²) in [6, 6.07) is -1.09. The number of nitrogens with one attached hydrogen (secondary N) is 2. The first-order valence-electron chi connectivity index (χ1n) is 15.9. The van der Waals surface area contributed by atoms with Crippen LogP contribution in [0.15, 0.2) is 0 Å². The van der Waals surface area contributed by atoms with Crippen molar-refractivity contribution in [2.24, 2.45) is 5.92 Å². The number of hydrogen-bond donors (Lipinski definition) is 5. The Morgan fingerprint density at radius 1 is 0.537 bits per heavy atom. The van der Waals surface area contributed by atoms with E-state index >= 15 is 0 Å². The van der Waals surface area contributed by atoms with Crippen LogP contribution in [0.25, 0.3) is 0 Å². The van der Waals surface area contributed by atoms with Crippen molar-refractivity contribution >= 4 is 29.7 Å². The fraction of sp³-hybridized carbons (Fsp3) is 0.839. The molecule has 0 aromatic heterocycles. The van der Waals surface area contributed by atoms with Gasteiger partial charge in [-0.25, -0.2) is 4.79 Å². The van der Waals surface area contributed by atoms with Gasteiger partial charge in [-0.2, -0.15) is 0 Å². The molecule has 0 aliphatic rings. The summed E-state index contributed by atoms with van der Waals surface area (Å²) in [6.07, 6.45) is 18.4. The zero-order chi connectivity index (χ0) is 30.7. The van der Waals surface area contributed by atoms with Crippen LogP contribution in [0.2, 0.25) is 0 Å². The van der Waals surface area contributed by atoms with Crippen molar-refractivity contribution in [2.45, 2.75) is 154 Å². The summed E-state index contributed by atoms with van der Waals surface area (Å²) in [6.45, 7) is 2.25. The number of rotatable bonds is 29. The van der Waals surface area contributed by atoms with Gasteiger partial charge in [0.05, 0.1) is 5.92 Å².